The number of benzene rings is 2. The molecule has 1 saturated carbocycles. The second kappa shape index (κ2) is 9.52. The molecule has 2 heterocycles. The van der Waals surface area contributed by atoms with Crippen LogP contribution in [-0.4, -0.2) is 32.9 Å². The second-order valence-corrected chi connectivity index (χ2v) is 8.63. The van der Waals surface area contributed by atoms with Gasteiger partial charge in [0.1, 0.15) is 5.75 Å². The van der Waals surface area contributed by atoms with Crippen molar-refractivity contribution in [1.82, 2.24) is 14.5 Å². The lowest BCUT2D eigenvalue weighted by molar-refractivity contribution is -0.196. The zero-order chi connectivity index (χ0) is 25.3. The number of hydrogen-bond acceptors (Lipinski definition) is 5. The third-order valence-electron chi connectivity index (χ3n) is 6.18. The van der Waals surface area contributed by atoms with Crippen LogP contribution in [0.1, 0.15) is 32.2 Å². The van der Waals surface area contributed by atoms with Crippen molar-refractivity contribution in [1.29, 1.82) is 0 Å². The van der Waals surface area contributed by atoms with Crippen LogP contribution in [0.3, 0.4) is 0 Å². The van der Waals surface area contributed by atoms with Crippen LogP contribution in [0.15, 0.2) is 67.0 Å². The highest BCUT2D eigenvalue weighted by atomic mass is 19.4. The van der Waals surface area contributed by atoms with Crippen LogP contribution < -0.4 is 10.1 Å². The smallest absolute Gasteiger partial charge is 0.425 e. The topological polar surface area (TPSA) is 78.3 Å². The number of nitrogens with zero attached hydrogens (tertiary/aromatic N) is 3. The van der Waals surface area contributed by atoms with Crippen LogP contribution >= 0.6 is 0 Å². The van der Waals surface area contributed by atoms with Crippen LogP contribution in [0.25, 0.3) is 22.2 Å². The van der Waals surface area contributed by atoms with Crippen molar-refractivity contribution < 1.29 is 27.4 Å². The van der Waals surface area contributed by atoms with Crippen LogP contribution in [0.4, 0.5) is 23.7 Å². The SMILES string of the molecule is C[C@H](OC(=O)Nc1ccc(-c2cc3ccc(Oc4ncccn4)cc3n2C2CCC2)cc1)C(F)(F)F. The summed E-state index contributed by atoms with van der Waals surface area (Å²) in [6.07, 6.45) is -1.47. The summed E-state index contributed by atoms with van der Waals surface area (Å²) in [4.78, 5) is 20.1. The molecule has 7 nitrogen and oxygen atoms in total. The molecule has 0 spiro atoms. The quantitative estimate of drug-likeness (QED) is 0.308. The van der Waals surface area contributed by atoms with Gasteiger partial charge in [-0.1, -0.05) is 12.1 Å². The van der Waals surface area contributed by atoms with Crippen LogP contribution in [0.5, 0.6) is 11.8 Å². The summed E-state index contributed by atoms with van der Waals surface area (Å²) in [5.41, 5.74) is 3.27. The fourth-order valence-electron chi connectivity index (χ4n) is 4.07. The molecule has 1 amide bonds. The molecule has 2 aromatic heterocycles. The predicted octanol–water partition coefficient (Wildman–Crippen LogP) is 7.11. The molecular weight excluding hydrogens is 473 g/mol. The number of carbonyl (C=O) groups excluding carboxylic acids is 1. The average molecular weight is 496 g/mol. The molecule has 1 aliphatic rings. The van der Waals surface area contributed by atoms with E-state index in [1.807, 2.05) is 30.3 Å². The van der Waals surface area contributed by atoms with E-state index in [2.05, 4.69) is 30.7 Å². The molecule has 5 rings (SSSR count). The summed E-state index contributed by atoms with van der Waals surface area (Å²) in [6, 6.07) is 17.2. The molecule has 0 unspecified atom stereocenters. The zero-order valence-electron chi connectivity index (χ0n) is 19.3. The van der Waals surface area contributed by atoms with Crippen molar-refractivity contribution >= 4 is 22.7 Å². The zero-order valence-corrected chi connectivity index (χ0v) is 19.3. The Balaban J connectivity index is 1.40. The Morgan fingerprint density at radius 2 is 1.81 bits per heavy atom. The van der Waals surface area contributed by atoms with Gasteiger partial charge in [-0.05, 0) is 68.1 Å². The maximum Gasteiger partial charge on any atom is 0.425 e. The molecule has 36 heavy (non-hydrogen) atoms. The molecule has 2 aromatic carbocycles. The van der Waals surface area contributed by atoms with Gasteiger partial charge in [0.25, 0.3) is 0 Å². The van der Waals surface area contributed by atoms with Crippen LogP contribution in [0, 0.1) is 0 Å². The molecule has 1 aliphatic carbocycles. The van der Waals surface area contributed by atoms with Gasteiger partial charge in [0.05, 0.1) is 5.52 Å². The highest BCUT2D eigenvalue weighted by molar-refractivity contribution is 5.89. The Bertz CT molecular complexity index is 1370. The van der Waals surface area contributed by atoms with Gasteiger partial charge in [0.2, 0.25) is 0 Å². The molecule has 186 valence electrons. The molecule has 0 radical (unpaired) electrons. The Labute approximate surface area is 204 Å². The van der Waals surface area contributed by atoms with Gasteiger partial charge in [-0.2, -0.15) is 13.2 Å². The highest BCUT2D eigenvalue weighted by Gasteiger charge is 2.39. The Morgan fingerprint density at radius 1 is 1.08 bits per heavy atom. The van der Waals surface area contributed by atoms with E-state index in [1.54, 1.807) is 30.6 Å². The summed E-state index contributed by atoms with van der Waals surface area (Å²) in [5, 5.41) is 3.39. The normalized spacial score (nSPS) is 14.8. The number of carbonyl (C=O) groups is 1. The first-order valence-corrected chi connectivity index (χ1v) is 11.5. The summed E-state index contributed by atoms with van der Waals surface area (Å²) in [5.74, 6) is 0.630. The minimum atomic E-state index is -4.62. The summed E-state index contributed by atoms with van der Waals surface area (Å²) >= 11 is 0. The van der Waals surface area contributed by atoms with E-state index in [9.17, 15) is 18.0 Å². The van der Waals surface area contributed by atoms with E-state index < -0.39 is 18.4 Å². The fourth-order valence-corrected chi connectivity index (χ4v) is 4.07. The number of nitrogens with one attached hydrogen (secondary N) is 1. The molecule has 10 heteroatoms. The molecule has 1 atom stereocenters. The van der Waals surface area contributed by atoms with E-state index >= 15 is 0 Å². The number of aromatic nitrogens is 3. The monoisotopic (exact) mass is 496 g/mol. The van der Waals surface area contributed by atoms with E-state index in [1.165, 1.54) is 0 Å². The molecule has 1 N–H and O–H groups in total. The highest BCUT2D eigenvalue weighted by Crippen LogP contribution is 2.41. The molecule has 0 bridgehead atoms. The van der Waals surface area contributed by atoms with Gasteiger partial charge in [-0.3, -0.25) is 5.32 Å². The van der Waals surface area contributed by atoms with Crippen molar-refractivity contribution in [3.8, 4) is 23.0 Å². The van der Waals surface area contributed by atoms with E-state index in [4.69, 9.17) is 4.74 Å². The van der Waals surface area contributed by atoms with Crippen LogP contribution in [-0.2, 0) is 4.74 Å². The third kappa shape index (κ3) is 4.98. The summed E-state index contributed by atoms with van der Waals surface area (Å²) in [6.45, 7) is 0.783. The van der Waals surface area contributed by atoms with Crippen molar-refractivity contribution in [2.24, 2.45) is 0 Å². The van der Waals surface area contributed by atoms with Crippen molar-refractivity contribution in [2.75, 3.05) is 5.32 Å². The number of hydrogen-bond donors (Lipinski definition) is 1. The first-order valence-electron chi connectivity index (χ1n) is 11.5. The van der Waals surface area contributed by atoms with Crippen molar-refractivity contribution in [3.05, 3.63) is 67.0 Å². The molecule has 4 aromatic rings. The fraction of sp³-hybridized carbons (Fsp3) is 0.269. The van der Waals surface area contributed by atoms with Gasteiger partial charge >= 0.3 is 18.3 Å². The first kappa shape index (κ1) is 23.7. The number of halogens is 3. The largest absolute Gasteiger partial charge is 0.437 e. The lowest BCUT2D eigenvalue weighted by Crippen LogP contribution is -2.32. The minimum Gasteiger partial charge on any atom is -0.437 e. The number of ether oxygens (including phenoxy) is 2. The van der Waals surface area contributed by atoms with Gasteiger partial charge in [0, 0.05) is 41.3 Å². The Kier molecular flexibility index (Phi) is 6.26. The summed E-state index contributed by atoms with van der Waals surface area (Å²) in [7, 11) is 0. The maximum atomic E-state index is 12.6. The maximum absolute atomic E-state index is 12.6. The minimum absolute atomic E-state index is 0.269. The van der Waals surface area contributed by atoms with Gasteiger partial charge in [0.15, 0.2) is 6.10 Å². The second-order valence-electron chi connectivity index (χ2n) is 8.63. The standard InChI is InChI=1S/C26H23F3N4O3/c1-16(26(27,28)29)35-25(34)32-19-9-6-17(7-10-19)22-14-18-8-11-21(36-24-30-12-3-13-31-24)15-23(18)33(22)20-4-2-5-20/h3,6-16,20H,2,4-5H2,1H3,(H,32,34)/t16-/m0/s1. The van der Waals surface area contributed by atoms with Crippen molar-refractivity contribution in [2.45, 2.75) is 44.5 Å². The van der Waals surface area contributed by atoms with Gasteiger partial charge < -0.3 is 14.0 Å². The third-order valence-corrected chi connectivity index (χ3v) is 6.18. The predicted molar refractivity (Wildman–Crippen MR) is 128 cm³/mol. The molecular formula is C26H23F3N4O3. The number of fused-ring (bicyclic) bond motifs is 1. The lowest BCUT2D eigenvalue weighted by Gasteiger charge is -2.30. The van der Waals surface area contributed by atoms with E-state index in [0.29, 0.717) is 17.5 Å². The van der Waals surface area contributed by atoms with Gasteiger partial charge in [-0.15, -0.1) is 0 Å². The van der Waals surface area contributed by atoms with E-state index in [-0.39, 0.29) is 6.01 Å². The number of amides is 1. The Morgan fingerprint density at radius 3 is 2.44 bits per heavy atom. The number of alkyl halides is 3. The number of anilines is 1. The molecule has 0 aliphatic heterocycles. The van der Waals surface area contributed by atoms with E-state index in [0.717, 1.165) is 48.3 Å². The molecule has 1 fully saturated rings. The Hall–Kier alpha value is -4.08. The van der Waals surface area contributed by atoms with Crippen molar-refractivity contribution in [3.63, 3.8) is 0 Å². The van der Waals surface area contributed by atoms with Crippen LogP contribution in [0.2, 0.25) is 0 Å². The summed E-state index contributed by atoms with van der Waals surface area (Å²) < 4.78 is 50.4. The first-order chi connectivity index (χ1) is 17.3. The molecule has 0 saturated heterocycles. The van der Waals surface area contributed by atoms with Gasteiger partial charge in [-0.25, -0.2) is 14.8 Å². The number of rotatable bonds is 6. The average Bonchev–Trinajstić information content (AvgIpc) is 3.17. The lowest BCUT2D eigenvalue weighted by atomic mass is 9.92.